The molecule has 0 heterocycles. The Morgan fingerprint density at radius 1 is 0.852 bits per heavy atom. The van der Waals surface area contributed by atoms with Crippen molar-refractivity contribution in [3.05, 3.63) is 34.6 Å². The molecule has 0 aromatic heterocycles. The zero-order valence-electron chi connectivity index (χ0n) is 16.9. The molecule has 3 aliphatic rings. The normalized spacial score (nSPS) is 37.0. The average molecular weight is 391 g/mol. The van der Waals surface area contributed by atoms with Gasteiger partial charge in [0, 0.05) is 0 Å². The van der Waals surface area contributed by atoms with Gasteiger partial charge in [-0.25, -0.2) is 4.39 Å². The summed E-state index contributed by atoms with van der Waals surface area (Å²) in [6.45, 7) is 2.34. The van der Waals surface area contributed by atoms with Gasteiger partial charge >= 0.3 is 0 Å². The highest BCUT2D eigenvalue weighted by Crippen LogP contribution is 2.51. The fourth-order valence-corrected chi connectivity index (χ4v) is 6.90. The topological polar surface area (TPSA) is 0 Å². The van der Waals surface area contributed by atoms with Crippen LogP contribution in [0.25, 0.3) is 0 Å². The van der Waals surface area contributed by atoms with E-state index < -0.39 is 0 Å². The molecule has 0 spiro atoms. The molecule has 4 rings (SSSR count). The van der Waals surface area contributed by atoms with Crippen molar-refractivity contribution in [1.82, 2.24) is 0 Å². The Kier molecular flexibility index (Phi) is 6.47. The lowest BCUT2D eigenvalue weighted by Gasteiger charge is -2.45. The molecule has 3 saturated carbocycles. The fourth-order valence-electron chi connectivity index (χ4n) is 6.78. The lowest BCUT2D eigenvalue weighted by Crippen LogP contribution is -2.34. The predicted molar refractivity (Wildman–Crippen MR) is 113 cm³/mol. The maximum Gasteiger partial charge on any atom is 0.142 e. The summed E-state index contributed by atoms with van der Waals surface area (Å²) in [5, 5.41) is 0.251. The Labute approximate surface area is 170 Å². The van der Waals surface area contributed by atoms with Crippen molar-refractivity contribution in [2.24, 2.45) is 29.6 Å². The van der Waals surface area contributed by atoms with Gasteiger partial charge in [0.1, 0.15) is 5.82 Å². The van der Waals surface area contributed by atoms with E-state index in [4.69, 9.17) is 11.6 Å². The Balaban J connectivity index is 1.31. The lowest BCUT2D eigenvalue weighted by molar-refractivity contribution is 0.0711. The van der Waals surface area contributed by atoms with Crippen LogP contribution >= 0.6 is 11.6 Å². The Hall–Kier alpha value is -0.560. The number of hydrogen-bond donors (Lipinski definition) is 0. The molecule has 0 saturated heterocycles. The molecule has 0 amide bonds. The van der Waals surface area contributed by atoms with Crippen molar-refractivity contribution < 1.29 is 4.39 Å². The standard InChI is InChI=1S/C25H36ClF/c1-2-3-17-4-6-18(7-5-17)19-8-9-21-15-22(11-10-20(21)14-19)23-12-13-24(26)25(27)16-23/h12-13,16-22H,2-11,14-15H2,1H3. The Morgan fingerprint density at radius 3 is 2.19 bits per heavy atom. The van der Waals surface area contributed by atoms with Gasteiger partial charge in [0.15, 0.2) is 0 Å². The smallest absolute Gasteiger partial charge is 0.142 e. The van der Waals surface area contributed by atoms with Gasteiger partial charge in [0.05, 0.1) is 5.02 Å². The van der Waals surface area contributed by atoms with Crippen LogP contribution in [0, 0.1) is 35.4 Å². The quantitative estimate of drug-likeness (QED) is 0.484. The molecule has 2 heteroatoms. The second kappa shape index (κ2) is 8.85. The number of fused-ring (bicyclic) bond motifs is 1. The minimum atomic E-state index is -0.251. The van der Waals surface area contributed by atoms with Crippen LogP contribution in [0.2, 0.25) is 5.02 Å². The molecule has 0 aliphatic heterocycles. The van der Waals surface area contributed by atoms with Crippen LogP contribution in [-0.2, 0) is 0 Å². The van der Waals surface area contributed by atoms with Crippen LogP contribution in [0.15, 0.2) is 18.2 Å². The minimum absolute atomic E-state index is 0.251. The molecule has 4 unspecified atom stereocenters. The first-order valence-electron chi connectivity index (χ1n) is 11.6. The van der Waals surface area contributed by atoms with Crippen molar-refractivity contribution in [3.8, 4) is 0 Å². The van der Waals surface area contributed by atoms with Crippen LogP contribution < -0.4 is 0 Å². The second-order valence-electron chi connectivity index (χ2n) is 9.85. The first kappa shape index (κ1) is 19.7. The van der Waals surface area contributed by atoms with Gasteiger partial charge in [-0.2, -0.15) is 0 Å². The first-order valence-corrected chi connectivity index (χ1v) is 12.0. The van der Waals surface area contributed by atoms with Gasteiger partial charge in [-0.05, 0) is 105 Å². The molecule has 3 fully saturated rings. The van der Waals surface area contributed by atoms with E-state index in [-0.39, 0.29) is 10.8 Å². The van der Waals surface area contributed by atoms with Gasteiger partial charge in [-0.3, -0.25) is 0 Å². The number of rotatable bonds is 4. The predicted octanol–water partition coefficient (Wildman–Crippen LogP) is 8.39. The molecule has 0 bridgehead atoms. The second-order valence-corrected chi connectivity index (χ2v) is 10.3. The molecule has 27 heavy (non-hydrogen) atoms. The third kappa shape index (κ3) is 4.55. The van der Waals surface area contributed by atoms with E-state index in [2.05, 4.69) is 13.0 Å². The van der Waals surface area contributed by atoms with E-state index in [1.54, 1.807) is 12.1 Å². The number of hydrogen-bond acceptors (Lipinski definition) is 0. The summed E-state index contributed by atoms with van der Waals surface area (Å²) < 4.78 is 13.9. The third-order valence-electron chi connectivity index (χ3n) is 8.32. The Bertz CT molecular complexity index is 619. The maximum atomic E-state index is 13.9. The molecular formula is C25H36ClF. The highest BCUT2D eigenvalue weighted by atomic mass is 35.5. The summed E-state index contributed by atoms with van der Waals surface area (Å²) in [5.74, 6) is 5.14. The monoisotopic (exact) mass is 390 g/mol. The van der Waals surface area contributed by atoms with Crippen molar-refractivity contribution in [2.75, 3.05) is 0 Å². The zero-order chi connectivity index (χ0) is 18.8. The maximum absolute atomic E-state index is 13.9. The van der Waals surface area contributed by atoms with Crippen molar-refractivity contribution in [1.29, 1.82) is 0 Å². The molecule has 150 valence electrons. The van der Waals surface area contributed by atoms with E-state index in [1.807, 2.05) is 0 Å². The van der Waals surface area contributed by atoms with Crippen LogP contribution in [0.5, 0.6) is 0 Å². The van der Waals surface area contributed by atoms with Gasteiger partial charge < -0.3 is 0 Å². The summed E-state index contributed by atoms with van der Waals surface area (Å²) in [6, 6.07) is 5.48. The molecule has 0 radical (unpaired) electrons. The number of benzene rings is 1. The molecule has 3 aliphatic carbocycles. The first-order chi connectivity index (χ1) is 13.1. The summed E-state index contributed by atoms with van der Waals surface area (Å²) in [7, 11) is 0. The van der Waals surface area contributed by atoms with Gasteiger partial charge in [0.2, 0.25) is 0 Å². The van der Waals surface area contributed by atoms with Crippen molar-refractivity contribution >= 4 is 11.6 Å². The summed E-state index contributed by atoms with van der Waals surface area (Å²) in [6.07, 6.45) is 17.0. The van der Waals surface area contributed by atoms with Crippen LogP contribution in [-0.4, -0.2) is 0 Å². The Morgan fingerprint density at radius 2 is 1.48 bits per heavy atom. The molecule has 0 nitrogen and oxygen atoms in total. The van der Waals surface area contributed by atoms with Gasteiger partial charge in [-0.1, -0.05) is 50.3 Å². The molecular weight excluding hydrogens is 355 g/mol. The average Bonchev–Trinajstić information content (AvgIpc) is 2.70. The molecule has 4 atom stereocenters. The van der Waals surface area contributed by atoms with E-state index in [9.17, 15) is 4.39 Å². The summed E-state index contributed by atoms with van der Waals surface area (Å²) in [4.78, 5) is 0. The highest BCUT2D eigenvalue weighted by molar-refractivity contribution is 6.30. The molecule has 1 aromatic rings. The fraction of sp³-hybridized carbons (Fsp3) is 0.760. The van der Waals surface area contributed by atoms with E-state index in [1.165, 1.54) is 82.6 Å². The van der Waals surface area contributed by atoms with Gasteiger partial charge in [-0.15, -0.1) is 0 Å². The zero-order valence-corrected chi connectivity index (χ0v) is 17.7. The van der Waals surface area contributed by atoms with E-state index >= 15 is 0 Å². The van der Waals surface area contributed by atoms with Gasteiger partial charge in [0.25, 0.3) is 0 Å². The van der Waals surface area contributed by atoms with Crippen LogP contribution in [0.3, 0.4) is 0 Å². The van der Waals surface area contributed by atoms with Crippen molar-refractivity contribution in [2.45, 2.75) is 89.9 Å². The number of halogens is 2. The molecule has 1 aromatic carbocycles. The van der Waals surface area contributed by atoms with E-state index in [0.29, 0.717) is 5.92 Å². The highest BCUT2D eigenvalue weighted by Gasteiger charge is 2.39. The lowest BCUT2D eigenvalue weighted by atomic mass is 9.60. The largest absolute Gasteiger partial charge is 0.205 e. The summed E-state index contributed by atoms with van der Waals surface area (Å²) >= 11 is 5.87. The SMILES string of the molecule is CCCC1CCC(C2CCC3CC(c4ccc(Cl)c(F)c4)CCC3C2)CC1. The molecule has 0 N–H and O–H groups in total. The summed E-state index contributed by atoms with van der Waals surface area (Å²) in [5.41, 5.74) is 1.17. The van der Waals surface area contributed by atoms with Crippen LogP contribution in [0.1, 0.15) is 95.5 Å². The van der Waals surface area contributed by atoms with E-state index in [0.717, 1.165) is 29.6 Å². The minimum Gasteiger partial charge on any atom is -0.205 e. The third-order valence-corrected chi connectivity index (χ3v) is 8.63. The van der Waals surface area contributed by atoms with Crippen LogP contribution in [0.4, 0.5) is 4.39 Å². The van der Waals surface area contributed by atoms with Crippen molar-refractivity contribution in [3.63, 3.8) is 0 Å².